The molecule has 20 heavy (non-hydrogen) atoms. The number of hydrogen-bond donors (Lipinski definition) is 2. The summed E-state index contributed by atoms with van der Waals surface area (Å²) in [5.74, 6) is 0.775. The summed E-state index contributed by atoms with van der Waals surface area (Å²) in [6.07, 6.45) is 0.409. The summed E-state index contributed by atoms with van der Waals surface area (Å²) in [7, 11) is 0. The number of nitrogens with one attached hydrogen (secondary N) is 1. The van der Waals surface area contributed by atoms with Gasteiger partial charge in [0.15, 0.2) is 0 Å². The zero-order chi connectivity index (χ0) is 14.4. The summed E-state index contributed by atoms with van der Waals surface area (Å²) < 4.78 is 5.56. The maximum absolute atomic E-state index is 11.2. The van der Waals surface area contributed by atoms with E-state index < -0.39 is 6.10 Å². The third-order valence-electron chi connectivity index (χ3n) is 3.36. The van der Waals surface area contributed by atoms with Crippen LogP contribution in [0.4, 0.5) is 0 Å². The Morgan fingerprint density at radius 2 is 2.15 bits per heavy atom. The molecule has 0 radical (unpaired) electrons. The first-order valence-corrected chi connectivity index (χ1v) is 7.06. The maximum Gasteiger partial charge on any atom is 0.234 e. The highest BCUT2D eigenvalue weighted by Crippen LogP contribution is 2.12. The lowest BCUT2D eigenvalue weighted by molar-refractivity contribution is -0.124. The number of rotatable bonds is 6. The van der Waals surface area contributed by atoms with Crippen molar-refractivity contribution < 1.29 is 14.6 Å². The number of aryl methyl sites for hydroxylation is 1. The van der Waals surface area contributed by atoms with Gasteiger partial charge in [-0.25, -0.2) is 0 Å². The number of carbonyl (C=O) groups excluding carboxylic acids is 1. The molecule has 5 nitrogen and oxygen atoms in total. The molecule has 0 saturated carbocycles. The minimum atomic E-state index is -0.591. The van der Waals surface area contributed by atoms with E-state index in [-0.39, 0.29) is 12.5 Å². The van der Waals surface area contributed by atoms with E-state index in [1.165, 1.54) is 5.56 Å². The van der Waals surface area contributed by atoms with Crippen molar-refractivity contribution in [3.8, 4) is 5.75 Å². The Morgan fingerprint density at radius 1 is 1.40 bits per heavy atom. The number of carbonyl (C=O) groups is 1. The Labute approximate surface area is 119 Å². The van der Waals surface area contributed by atoms with Gasteiger partial charge in [0.25, 0.3) is 0 Å². The van der Waals surface area contributed by atoms with Gasteiger partial charge in [0.05, 0.1) is 6.54 Å². The number of β-amino-alcohol motifs (C(OH)–C–C–N with tert-alkyl or cyclic N) is 1. The largest absolute Gasteiger partial charge is 0.491 e. The van der Waals surface area contributed by atoms with Gasteiger partial charge in [-0.1, -0.05) is 19.1 Å². The number of hydrogen-bond acceptors (Lipinski definition) is 4. The molecule has 110 valence electrons. The summed E-state index contributed by atoms with van der Waals surface area (Å²) in [6, 6.07) is 7.88. The number of ether oxygens (including phenoxy) is 1. The van der Waals surface area contributed by atoms with E-state index in [0.717, 1.165) is 18.7 Å². The van der Waals surface area contributed by atoms with Crippen molar-refractivity contribution in [1.82, 2.24) is 10.2 Å². The molecule has 0 spiro atoms. The molecule has 1 aliphatic rings. The molecule has 1 atom stereocenters. The topological polar surface area (TPSA) is 61.8 Å². The predicted molar refractivity (Wildman–Crippen MR) is 76.8 cm³/mol. The Bertz CT molecular complexity index is 433. The van der Waals surface area contributed by atoms with Crippen LogP contribution in [0.5, 0.6) is 5.75 Å². The molecule has 2 N–H and O–H groups in total. The average molecular weight is 278 g/mol. The zero-order valence-corrected chi connectivity index (χ0v) is 11.8. The molecule has 1 heterocycles. The second-order valence-electron chi connectivity index (χ2n) is 5.05. The monoisotopic (exact) mass is 278 g/mol. The molecule has 5 heteroatoms. The second-order valence-corrected chi connectivity index (χ2v) is 5.05. The van der Waals surface area contributed by atoms with Crippen molar-refractivity contribution >= 4 is 5.91 Å². The number of amides is 1. The van der Waals surface area contributed by atoms with Gasteiger partial charge in [-0.05, 0) is 24.1 Å². The van der Waals surface area contributed by atoms with E-state index in [1.807, 2.05) is 29.2 Å². The number of nitrogens with zero attached hydrogens (tertiary/aromatic N) is 1. The van der Waals surface area contributed by atoms with Crippen LogP contribution in [0.3, 0.4) is 0 Å². The number of aliphatic hydroxyl groups excluding tert-OH is 1. The summed E-state index contributed by atoms with van der Waals surface area (Å²) >= 11 is 0. The molecule has 0 aromatic heterocycles. The van der Waals surface area contributed by atoms with E-state index in [9.17, 15) is 9.90 Å². The predicted octanol–water partition coefficient (Wildman–Crippen LogP) is 0.420. The van der Waals surface area contributed by atoms with Crippen LogP contribution >= 0.6 is 0 Å². The highest BCUT2D eigenvalue weighted by molar-refractivity contribution is 5.78. The molecule has 1 saturated heterocycles. The van der Waals surface area contributed by atoms with Crippen LogP contribution in [0.2, 0.25) is 0 Å². The molecule has 0 bridgehead atoms. The lowest BCUT2D eigenvalue weighted by Gasteiger charge is -2.28. The minimum absolute atomic E-state index is 0.0134. The fraction of sp³-hybridized carbons (Fsp3) is 0.533. The lowest BCUT2D eigenvalue weighted by Crippen LogP contribution is -2.50. The summed E-state index contributed by atoms with van der Waals surface area (Å²) in [4.78, 5) is 13.2. The number of piperazine rings is 1. The molecule has 0 unspecified atom stereocenters. The Hall–Kier alpha value is -1.59. The third-order valence-corrected chi connectivity index (χ3v) is 3.36. The first-order chi connectivity index (χ1) is 9.67. The molecular formula is C15H22N2O3. The van der Waals surface area contributed by atoms with E-state index >= 15 is 0 Å². The van der Waals surface area contributed by atoms with Gasteiger partial charge < -0.3 is 15.2 Å². The van der Waals surface area contributed by atoms with E-state index in [1.54, 1.807) is 0 Å². The molecule has 1 amide bonds. The van der Waals surface area contributed by atoms with Gasteiger partial charge in [-0.3, -0.25) is 9.69 Å². The quantitative estimate of drug-likeness (QED) is 0.792. The summed E-state index contributed by atoms with van der Waals surface area (Å²) in [6.45, 7) is 4.57. The number of aliphatic hydroxyl groups is 1. The smallest absolute Gasteiger partial charge is 0.234 e. The van der Waals surface area contributed by atoms with Gasteiger partial charge in [-0.15, -0.1) is 0 Å². The normalized spacial score (nSPS) is 17.6. The van der Waals surface area contributed by atoms with Crippen LogP contribution in [-0.4, -0.2) is 54.8 Å². The second kappa shape index (κ2) is 7.26. The van der Waals surface area contributed by atoms with Gasteiger partial charge in [0.1, 0.15) is 18.5 Å². The van der Waals surface area contributed by atoms with Crippen LogP contribution in [0, 0.1) is 0 Å². The van der Waals surface area contributed by atoms with Crippen LogP contribution in [0.1, 0.15) is 12.5 Å². The van der Waals surface area contributed by atoms with E-state index in [0.29, 0.717) is 19.6 Å². The molecule has 1 fully saturated rings. The number of benzene rings is 1. The van der Waals surface area contributed by atoms with Crippen molar-refractivity contribution in [2.75, 3.05) is 32.8 Å². The fourth-order valence-corrected chi connectivity index (χ4v) is 2.21. The van der Waals surface area contributed by atoms with Crippen molar-refractivity contribution in [2.45, 2.75) is 19.4 Å². The fourth-order valence-electron chi connectivity index (χ4n) is 2.21. The standard InChI is InChI=1S/C15H22N2O3/c1-2-12-3-5-14(6-4-12)20-11-13(18)9-17-8-7-16-15(19)10-17/h3-6,13,18H,2,7-11H2,1H3,(H,16,19)/t13-/m1/s1. The first-order valence-electron chi connectivity index (χ1n) is 7.06. The van der Waals surface area contributed by atoms with Crippen molar-refractivity contribution in [3.63, 3.8) is 0 Å². The van der Waals surface area contributed by atoms with Crippen LogP contribution in [0.25, 0.3) is 0 Å². The maximum atomic E-state index is 11.2. The van der Waals surface area contributed by atoms with Crippen LogP contribution < -0.4 is 10.1 Å². The molecule has 2 rings (SSSR count). The average Bonchev–Trinajstić information content (AvgIpc) is 2.46. The Kier molecular flexibility index (Phi) is 5.38. The highest BCUT2D eigenvalue weighted by atomic mass is 16.5. The lowest BCUT2D eigenvalue weighted by atomic mass is 10.2. The van der Waals surface area contributed by atoms with Gasteiger partial charge in [0, 0.05) is 19.6 Å². The van der Waals surface area contributed by atoms with E-state index in [4.69, 9.17) is 4.74 Å². The Balaban J connectivity index is 1.73. The molecule has 1 aliphatic heterocycles. The van der Waals surface area contributed by atoms with Crippen molar-refractivity contribution in [3.05, 3.63) is 29.8 Å². The van der Waals surface area contributed by atoms with Gasteiger partial charge in [0.2, 0.25) is 5.91 Å². The van der Waals surface area contributed by atoms with Crippen molar-refractivity contribution in [1.29, 1.82) is 0 Å². The van der Waals surface area contributed by atoms with Gasteiger partial charge in [-0.2, -0.15) is 0 Å². The van der Waals surface area contributed by atoms with Crippen LogP contribution in [-0.2, 0) is 11.2 Å². The first kappa shape index (κ1) is 14.8. The SMILES string of the molecule is CCc1ccc(OC[C@H](O)CN2CCNC(=O)C2)cc1. The molecule has 1 aromatic carbocycles. The molecule has 0 aliphatic carbocycles. The third kappa shape index (κ3) is 4.51. The van der Waals surface area contributed by atoms with Crippen molar-refractivity contribution in [2.24, 2.45) is 0 Å². The van der Waals surface area contributed by atoms with Crippen LogP contribution in [0.15, 0.2) is 24.3 Å². The molecular weight excluding hydrogens is 256 g/mol. The zero-order valence-electron chi connectivity index (χ0n) is 11.8. The highest BCUT2D eigenvalue weighted by Gasteiger charge is 2.19. The molecule has 1 aromatic rings. The minimum Gasteiger partial charge on any atom is -0.491 e. The van der Waals surface area contributed by atoms with Gasteiger partial charge >= 0.3 is 0 Å². The van der Waals surface area contributed by atoms with E-state index in [2.05, 4.69) is 12.2 Å². The summed E-state index contributed by atoms with van der Waals surface area (Å²) in [5, 5.41) is 12.7. The summed E-state index contributed by atoms with van der Waals surface area (Å²) in [5.41, 5.74) is 1.26. The Morgan fingerprint density at radius 3 is 2.80 bits per heavy atom.